The number of rotatable bonds is 5. The highest BCUT2D eigenvalue weighted by atomic mass is 16.4. The maximum atomic E-state index is 10.8. The van der Waals surface area contributed by atoms with Crippen molar-refractivity contribution in [2.75, 3.05) is 0 Å². The molecule has 0 heterocycles. The highest BCUT2D eigenvalue weighted by Gasteiger charge is 2.11. The van der Waals surface area contributed by atoms with E-state index in [0.29, 0.717) is 12.0 Å². The van der Waals surface area contributed by atoms with E-state index in [1.165, 1.54) is 6.07 Å². The number of carboxylic acid groups (broad SMARTS) is 1. The molecule has 0 unspecified atom stereocenters. The van der Waals surface area contributed by atoms with E-state index in [1.54, 1.807) is 12.1 Å². The van der Waals surface area contributed by atoms with Crippen LogP contribution in [-0.2, 0) is 6.42 Å². The number of aromatic hydroxyl groups is 1. The second kappa shape index (κ2) is 5.95. The largest absolute Gasteiger partial charge is 0.507 e. The molecule has 0 bridgehead atoms. The predicted molar refractivity (Wildman–Crippen MR) is 62.8 cm³/mol. The van der Waals surface area contributed by atoms with Gasteiger partial charge >= 0.3 is 5.97 Å². The Morgan fingerprint density at radius 1 is 1.38 bits per heavy atom. The lowest BCUT2D eigenvalue weighted by atomic mass is 10.0. The van der Waals surface area contributed by atoms with Crippen LogP contribution in [0.4, 0.5) is 0 Å². The molecule has 0 spiro atoms. The summed E-state index contributed by atoms with van der Waals surface area (Å²) >= 11 is 0. The Morgan fingerprint density at radius 2 is 2.12 bits per heavy atom. The van der Waals surface area contributed by atoms with Crippen LogP contribution >= 0.6 is 0 Å². The fourth-order valence-electron chi connectivity index (χ4n) is 1.49. The van der Waals surface area contributed by atoms with Crippen molar-refractivity contribution >= 4 is 5.97 Å². The lowest BCUT2D eigenvalue weighted by Crippen LogP contribution is -1.98. The van der Waals surface area contributed by atoms with Gasteiger partial charge in [0.1, 0.15) is 11.3 Å². The van der Waals surface area contributed by atoms with E-state index >= 15 is 0 Å². The van der Waals surface area contributed by atoms with E-state index in [9.17, 15) is 9.90 Å². The standard InChI is InChI=1S/C13H16O3/c1-2-3-4-5-7-10-8-6-9-11(12(10)14)13(15)16/h3-4,6,8-9,14H,2,5,7H2,1H3,(H,15,16)/b4-3+. The second-order valence-corrected chi connectivity index (χ2v) is 3.54. The van der Waals surface area contributed by atoms with Crippen molar-refractivity contribution in [2.45, 2.75) is 26.2 Å². The lowest BCUT2D eigenvalue weighted by Gasteiger charge is -2.05. The third-order valence-corrected chi connectivity index (χ3v) is 2.33. The number of carbonyl (C=O) groups is 1. The van der Waals surface area contributed by atoms with Crippen LogP contribution in [-0.4, -0.2) is 16.2 Å². The fourth-order valence-corrected chi connectivity index (χ4v) is 1.49. The Bertz CT molecular complexity index is 394. The quantitative estimate of drug-likeness (QED) is 0.750. The van der Waals surface area contributed by atoms with Crippen molar-refractivity contribution in [1.29, 1.82) is 0 Å². The number of hydrogen-bond acceptors (Lipinski definition) is 2. The smallest absolute Gasteiger partial charge is 0.339 e. The summed E-state index contributed by atoms with van der Waals surface area (Å²) in [5.74, 6) is -1.21. The average Bonchev–Trinajstić information content (AvgIpc) is 2.26. The molecule has 1 rings (SSSR count). The van der Waals surface area contributed by atoms with Crippen molar-refractivity contribution in [1.82, 2.24) is 0 Å². The van der Waals surface area contributed by atoms with Crippen LogP contribution in [0.25, 0.3) is 0 Å². The monoisotopic (exact) mass is 220 g/mol. The van der Waals surface area contributed by atoms with Gasteiger partial charge in [-0.2, -0.15) is 0 Å². The molecule has 0 atom stereocenters. The number of aromatic carboxylic acids is 1. The summed E-state index contributed by atoms with van der Waals surface area (Å²) in [4.78, 5) is 10.8. The zero-order valence-corrected chi connectivity index (χ0v) is 9.31. The van der Waals surface area contributed by atoms with Gasteiger partial charge in [-0.3, -0.25) is 0 Å². The molecule has 86 valence electrons. The predicted octanol–water partition coefficient (Wildman–Crippen LogP) is 2.99. The Morgan fingerprint density at radius 3 is 2.75 bits per heavy atom. The average molecular weight is 220 g/mol. The van der Waals surface area contributed by atoms with Gasteiger partial charge in [0.2, 0.25) is 0 Å². The Kier molecular flexibility index (Phi) is 4.58. The van der Waals surface area contributed by atoms with Gasteiger partial charge in [-0.1, -0.05) is 31.2 Å². The van der Waals surface area contributed by atoms with Gasteiger partial charge in [-0.05, 0) is 30.9 Å². The summed E-state index contributed by atoms with van der Waals surface area (Å²) in [5.41, 5.74) is 0.651. The molecule has 0 saturated heterocycles. The molecule has 0 fully saturated rings. The zero-order chi connectivity index (χ0) is 12.0. The van der Waals surface area contributed by atoms with E-state index in [0.717, 1.165) is 12.8 Å². The van der Waals surface area contributed by atoms with Gasteiger partial charge < -0.3 is 10.2 Å². The van der Waals surface area contributed by atoms with E-state index < -0.39 is 5.97 Å². The molecule has 3 nitrogen and oxygen atoms in total. The summed E-state index contributed by atoms with van der Waals surface area (Å²) in [7, 11) is 0. The maximum absolute atomic E-state index is 10.8. The van der Waals surface area contributed by atoms with Crippen LogP contribution in [0.2, 0.25) is 0 Å². The first-order chi connectivity index (χ1) is 7.66. The van der Waals surface area contributed by atoms with Crippen LogP contribution in [0.15, 0.2) is 30.4 Å². The van der Waals surface area contributed by atoms with E-state index in [1.807, 2.05) is 6.08 Å². The summed E-state index contributed by atoms with van der Waals surface area (Å²) in [5, 5.41) is 18.5. The minimum Gasteiger partial charge on any atom is -0.507 e. The third-order valence-electron chi connectivity index (χ3n) is 2.33. The summed E-state index contributed by atoms with van der Waals surface area (Å²) in [6.45, 7) is 2.05. The molecule has 1 aromatic carbocycles. The van der Waals surface area contributed by atoms with Crippen molar-refractivity contribution in [3.63, 3.8) is 0 Å². The molecule has 0 amide bonds. The van der Waals surface area contributed by atoms with Crippen LogP contribution in [0, 0.1) is 0 Å². The summed E-state index contributed by atoms with van der Waals surface area (Å²) < 4.78 is 0. The molecule has 16 heavy (non-hydrogen) atoms. The third kappa shape index (κ3) is 3.12. The SMILES string of the molecule is CC/C=C/CCc1cccc(C(=O)O)c1O. The Balaban J connectivity index is 2.77. The summed E-state index contributed by atoms with van der Waals surface area (Å²) in [6, 6.07) is 4.81. The van der Waals surface area contributed by atoms with Crippen LogP contribution in [0.1, 0.15) is 35.7 Å². The second-order valence-electron chi connectivity index (χ2n) is 3.54. The van der Waals surface area contributed by atoms with Gasteiger partial charge in [-0.15, -0.1) is 0 Å². The van der Waals surface area contributed by atoms with E-state index in [4.69, 9.17) is 5.11 Å². The minimum absolute atomic E-state index is 0.0306. The van der Waals surface area contributed by atoms with Gasteiger partial charge in [0.05, 0.1) is 0 Å². The maximum Gasteiger partial charge on any atom is 0.339 e. The molecule has 0 aliphatic carbocycles. The number of benzene rings is 1. The van der Waals surface area contributed by atoms with E-state index in [2.05, 4.69) is 13.0 Å². The van der Waals surface area contributed by atoms with Gasteiger partial charge in [-0.25, -0.2) is 4.79 Å². The minimum atomic E-state index is -1.09. The fraction of sp³-hybridized carbons (Fsp3) is 0.308. The molecule has 0 aliphatic rings. The normalized spacial score (nSPS) is 10.8. The first-order valence-electron chi connectivity index (χ1n) is 5.36. The van der Waals surface area contributed by atoms with Crippen LogP contribution in [0.5, 0.6) is 5.75 Å². The number of phenols is 1. The first kappa shape index (κ1) is 12.3. The van der Waals surface area contributed by atoms with Gasteiger partial charge in [0.25, 0.3) is 0 Å². The number of carboxylic acids is 1. The van der Waals surface area contributed by atoms with Gasteiger partial charge in [0, 0.05) is 0 Å². The molecule has 2 N–H and O–H groups in total. The number of allylic oxidation sites excluding steroid dienone is 2. The zero-order valence-electron chi connectivity index (χ0n) is 9.31. The molecule has 0 aliphatic heterocycles. The molecular formula is C13H16O3. The molecule has 0 saturated carbocycles. The van der Waals surface area contributed by atoms with Crippen molar-refractivity contribution in [3.05, 3.63) is 41.5 Å². The van der Waals surface area contributed by atoms with Crippen molar-refractivity contribution in [3.8, 4) is 5.75 Å². The number of para-hydroxylation sites is 1. The van der Waals surface area contributed by atoms with Crippen LogP contribution in [0.3, 0.4) is 0 Å². The molecular weight excluding hydrogens is 204 g/mol. The first-order valence-corrected chi connectivity index (χ1v) is 5.36. The van der Waals surface area contributed by atoms with Crippen molar-refractivity contribution in [2.24, 2.45) is 0 Å². The van der Waals surface area contributed by atoms with Gasteiger partial charge in [0.15, 0.2) is 0 Å². The Labute approximate surface area is 95.0 Å². The highest BCUT2D eigenvalue weighted by molar-refractivity contribution is 5.91. The number of hydrogen-bond donors (Lipinski definition) is 2. The molecule has 1 aromatic rings. The molecule has 0 aromatic heterocycles. The molecule has 0 radical (unpaired) electrons. The Hall–Kier alpha value is -1.77. The summed E-state index contributed by atoms with van der Waals surface area (Å²) in [6.07, 6.45) is 6.54. The highest BCUT2D eigenvalue weighted by Crippen LogP contribution is 2.23. The topological polar surface area (TPSA) is 57.5 Å². The van der Waals surface area contributed by atoms with Crippen LogP contribution < -0.4 is 0 Å². The number of aryl methyl sites for hydroxylation is 1. The lowest BCUT2D eigenvalue weighted by molar-refractivity contribution is 0.0693. The van der Waals surface area contributed by atoms with E-state index in [-0.39, 0.29) is 11.3 Å². The molecule has 3 heteroatoms. The van der Waals surface area contributed by atoms with Crippen molar-refractivity contribution < 1.29 is 15.0 Å².